The van der Waals surface area contributed by atoms with Crippen molar-refractivity contribution in [3.63, 3.8) is 0 Å². The highest BCUT2D eigenvalue weighted by atomic mass is 19.1. The van der Waals surface area contributed by atoms with Crippen LogP contribution in [0, 0.1) is 0 Å². The van der Waals surface area contributed by atoms with Gasteiger partial charge in [0.2, 0.25) is 0 Å². The summed E-state index contributed by atoms with van der Waals surface area (Å²) in [6.45, 7) is 4.80. The second-order valence-electron chi connectivity index (χ2n) is 3.71. The standard InChI is InChI=1S/C10H15FN2/c1-7(12)8-5-4-6-9(13-8)10(2,3)11/h4-7H,12H2,1-3H3. The van der Waals surface area contributed by atoms with Crippen LogP contribution in [0.3, 0.4) is 0 Å². The Morgan fingerprint density at radius 2 is 2.08 bits per heavy atom. The Labute approximate surface area is 78.0 Å². The largest absolute Gasteiger partial charge is 0.323 e. The van der Waals surface area contributed by atoms with Gasteiger partial charge in [0.25, 0.3) is 0 Å². The Kier molecular flexibility index (Phi) is 2.66. The van der Waals surface area contributed by atoms with E-state index in [-0.39, 0.29) is 6.04 Å². The highest BCUT2D eigenvalue weighted by Gasteiger charge is 2.20. The molecular weight excluding hydrogens is 167 g/mol. The Morgan fingerprint density at radius 3 is 2.54 bits per heavy atom. The zero-order valence-electron chi connectivity index (χ0n) is 8.21. The van der Waals surface area contributed by atoms with Crippen LogP contribution in [0.2, 0.25) is 0 Å². The minimum atomic E-state index is -1.40. The fraction of sp³-hybridized carbons (Fsp3) is 0.500. The van der Waals surface area contributed by atoms with Crippen molar-refractivity contribution in [3.8, 4) is 0 Å². The Morgan fingerprint density at radius 1 is 1.46 bits per heavy atom. The fourth-order valence-corrected chi connectivity index (χ4v) is 1.04. The number of alkyl halides is 1. The van der Waals surface area contributed by atoms with Gasteiger partial charge in [-0.05, 0) is 32.9 Å². The average molecular weight is 182 g/mol. The highest BCUT2D eigenvalue weighted by molar-refractivity contribution is 5.17. The van der Waals surface area contributed by atoms with Gasteiger partial charge in [-0.3, -0.25) is 4.98 Å². The van der Waals surface area contributed by atoms with Crippen molar-refractivity contribution in [2.24, 2.45) is 5.73 Å². The van der Waals surface area contributed by atoms with Gasteiger partial charge in [-0.2, -0.15) is 0 Å². The van der Waals surface area contributed by atoms with Crippen LogP contribution in [-0.4, -0.2) is 4.98 Å². The highest BCUT2D eigenvalue weighted by Crippen LogP contribution is 2.23. The number of nitrogens with zero attached hydrogens (tertiary/aromatic N) is 1. The third-order valence-electron chi connectivity index (χ3n) is 1.85. The van der Waals surface area contributed by atoms with Gasteiger partial charge in [-0.1, -0.05) is 6.07 Å². The first kappa shape index (κ1) is 10.1. The van der Waals surface area contributed by atoms with Gasteiger partial charge in [0.1, 0.15) is 5.67 Å². The third-order valence-corrected chi connectivity index (χ3v) is 1.85. The Hall–Kier alpha value is -0.960. The zero-order chi connectivity index (χ0) is 10.1. The summed E-state index contributed by atoms with van der Waals surface area (Å²) in [5.41, 5.74) is 5.40. The van der Waals surface area contributed by atoms with Crippen molar-refractivity contribution >= 4 is 0 Å². The van der Waals surface area contributed by atoms with E-state index in [0.717, 1.165) is 5.69 Å². The lowest BCUT2D eigenvalue weighted by molar-refractivity contribution is 0.213. The van der Waals surface area contributed by atoms with Gasteiger partial charge in [-0.15, -0.1) is 0 Å². The summed E-state index contributed by atoms with van der Waals surface area (Å²) >= 11 is 0. The molecule has 1 unspecified atom stereocenters. The maximum absolute atomic E-state index is 13.5. The molecule has 0 aliphatic rings. The maximum atomic E-state index is 13.5. The number of nitrogens with two attached hydrogens (primary N) is 1. The first-order valence-corrected chi connectivity index (χ1v) is 4.33. The third kappa shape index (κ3) is 2.49. The normalized spacial score (nSPS) is 14.2. The van der Waals surface area contributed by atoms with Gasteiger partial charge in [0.15, 0.2) is 0 Å². The van der Waals surface area contributed by atoms with E-state index >= 15 is 0 Å². The Balaban J connectivity index is 3.06. The van der Waals surface area contributed by atoms with Gasteiger partial charge >= 0.3 is 0 Å². The van der Waals surface area contributed by atoms with E-state index < -0.39 is 5.67 Å². The topological polar surface area (TPSA) is 38.9 Å². The number of hydrogen-bond acceptors (Lipinski definition) is 2. The molecule has 0 aromatic carbocycles. The molecule has 0 amide bonds. The number of aromatic nitrogens is 1. The Bertz CT molecular complexity index is 289. The molecule has 1 rings (SSSR count). The molecule has 0 saturated heterocycles. The van der Waals surface area contributed by atoms with Gasteiger partial charge < -0.3 is 5.73 Å². The van der Waals surface area contributed by atoms with Crippen LogP contribution in [-0.2, 0) is 5.67 Å². The van der Waals surface area contributed by atoms with E-state index in [4.69, 9.17) is 5.73 Å². The van der Waals surface area contributed by atoms with Crippen LogP contribution in [0.1, 0.15) is 38.2 Å². The zero-order valence-corrected chi connectivity index (χ0v) is 8.21. The van der Waals surface area contributed by atoms with Crippen molar-refractivity contribution in [2.45, 2.75) is 32.5 Å². The van der Waals surface area contributed by atoms with Crippen molar-refractivity contribution in [1.82, 2.24) is 4.98 Å². The van der Waals surface area contributed by atoms with E-state index in [2.05, 4.69) is 4.98 Å². The summed E-state index contributed by atoms with van der Waals surface area (Å²) in [4.78, 5) is 4.14. The number of hydrogen-bond donors (Lipinski definition) is 1. The molecule has 2 N–H and O–H groups in total. The molecule has 2 nitrogen and oxygen atoms in total. The smallest absolute Gasteiger partial charge is 0.147 e. The number of rotatable bonds is 2. The molecular formula is C10H15FN2. The molecule has 72 valence electrons. The molecule has 0 aliphatic heterocycles. The molecule has 0 spiro atoms. The van der Waals surface area contributed by atoms with Crippen molar-refractivity contribution in [2.75, 3.05) is 0 Å². The van der Waals surface area contributed by atoms with Crippen LogP contribution in [0.4, 0.5) is 4.39 Å². The van der Waals surface area contributed by atoms with Crippen molar-refractivity contribution in [1.29, 1.82) is 0 Å². The maximum Gasteiger partial charge on any atom is 0.147 e. The van der Waals surface area contributed by atoms with Crippen LogP contribution in [0.5, 0.6) is 0 Å². The minimum absolute atomic E-state index is 0.151. The summed E-state index contributed by atoms with van der Waals surface area (Å²) in [6, 6.07) is 5.11. The molecule has 0 bridgehead atoms. The first-order chi connectivity index (χ1) is 5.91. The fourth-order valence-electron chi connectivity index (χ4n) is 1.04. The van der Waals surface area contributed by atoms with Gasteiger partial charge in [-0.25, -0.2) is 4.39 Å². The van der Waals surface area contributed by atoms with Gasteiger partial charge in [0.05, 0.1) is 11.4 Å². The minimum Gasteiger partial charge on any atom is -0.323 e. The van der Waals surface area contributed by atoms with E-state index in [1.165, 1.54) is 13.8 Å². The van der Waals surface area contributed by atoms with E-state index in [1.54, 1.807) is 18.2 Å². The molecule has 3 heteroatoms. The van der Waals surface area contributed by atoms with Crippen LogP contribution >= 0.6 is 0 Å². The molecule has 1 aromatic heterocycles. The second kappa shape index (κ2) is 3.42. The predicted octanol–water partition coefficient (Wildman–Crippen LogP) is 2.31. The molecule has 0 saturated carbocycles. The number of halogens is 1. The van der Waals surface area contributed by atoms with Gasteiger partial charge in [0, 0.05) is 6.04 Å². The molecule has 1 heterocycles. The molecule has 1 aromatic rings. The summed E-state index contributed by atoms with van der Waals surface area (Å²) in [5, 5.41) is 0. The predicted molar refractivity (Wildman–Crippen MR) is 51.0 cm³/mol. The lowest BCUT2D eigenvalue weighted by Gasteiger charge is -2.15. The van der Waals surface area contributed by atoms with E-state index in [1.807, 2.05) is 6.92 Å². The second-order valence-corrected chi connectivity index (χ2v) is 3.71. The van der Waals surface area contributed by atoms with Crippen LogP contribution < -0.4 is 5.73 Å². The van der Waals surface area contributed by atoms with E-state index in [0.29, 0.717) is 5.69 Å². The lowest BCUT2D eigenvalue weighted by atomic mass is 10.1. The van der Waals surface area contributed by atoms with Crippen molar-refractivity contribution < 1.29 is 4.39 Å². The summed E-state index contributed by atoms with van der Waals surface area (Å²) < 4.78 is 13.5. The SMILES string of the molecule is CC(N)c1cccc(C(C)(C)F)n1. The summed E-state index contributed by atoms with van der Waals surface area (Å²) in [7, 11) is 0. The van der Waals surface area contributed by atoms with Crippen LogP contribution in [0.15, 0.2) is 18.2 Å². The first-order valence-electron chi connectivity index (χ1n) is 4.33. The molecule has 0 radical (unpaired) electrons. The van der Waals surface area contributed by atoms with Crippen LogP contribution in [0.25, 0.3) is 0 Å². The lowest BCUT2D eigenvalue weighted by Crippen LogP contribution is -2.15. The molecule has 1 atom stereocenters. The summed E-state index contributed by atoms with van der Waals surface area (Å²) in [5.74, 6) is 0. The molecule has 0 fully saturated rings. The van der Waals surface area contributed by atoms with E-state index in [9.17, 15) is 4.39 Å². The number of pyridine rings is 1. The molecule has 0 aliphatic carbocycles. The monoisotopic (exact) mass is 182 g/mol. The summed E-state index contributed by atoms with van der Waals surface area (Å²) in [6.07, 6.45) is 0. The molecule has 13 heavy (non-hydrogen) atoms. The average Bonchev–Trinajstić information content (AvgIpc) is 2.03. The van der Waals surface area contributed by atoms with Crippen molar-refractivity contribution in [3.05, 3.63) is 29.6 Å². The quantitative estimate of drug-likeness (QED) is 0.762.